The summed E-state index contributed by atoms with van der Waals surface area (Å²) in [5.41, 5.74) is -0.842. The highest BCUT2D eigenvalue weighted by Gasteiger charge is 2.16. The second-order valence-electron chi connectivity index (χ2n) is 4.07. The molecule has 0 fully saturated rings. The van der Waals surface area contributed by atoms with Crippen LogP contribution in [0.3, 0.4) is 0 Å². The van der Waals surface area contributed by atoms with Crippen molar-refractivity contribution in [1.82, 2.24) is 15.1 Å². The first kappa shape index (κ1) is 14.6. The number of nitrogens with one attached hydrogen (secondary N) is 1. The minimum absolute atomic E-state index is 0.0193. The van der Waals surface area contributed by atoms with Crippen molar-refractivity contribution in [3.8, 4) is 0 Å². The summed E-state index contributed by atoms with van der Waals surface area (Å²) in [7, 11) is 0. The van der Waals surface area contributed by atoms with Crippen molar-refractivity contribution in [3.05, 3.63) is 57.9 Å². The second-order valence-corrected chi connectivity index (χ2v) is 4.07. The molecule has 0 bridgehead atoms. The van der Waals surface area contributed by atoms with Gasteiger partial charge in [0, 0.05) is 6.54 Å². The molecule has 1 amide bonds. The Hall–Kier alpha value is -2.84. The Morgan fingerprint density at radius 2 is 2.05 bits per heavy atom. The summed E-state index contributed by atoms with van der Waals surface area (Å²) < 4.78 is 27.9. The van der Waals surface area contributed by atoms with E-state index in [0.29, 0.717) is 0 Å². The Morgan fingerprint density at radius 3 is 2.62 bits per heavy atom. The van der Waals surface area contributed by atoms with Gasteiger partial charge in [0.25, 0.3) is 5.91 Å². The Kier molecular flexibility index (Phi) is 4.21. The average Bonchev–Trinajstić information content (AvgIpc) is 2.87. The molecular formula is C12H10F2N4O3. The van der Waals surface area contributed by atoms with Gasteiger partial charge in [-0.25, -0.2) is 8.78 Å². The van der Waals surface area contributed by atoms with Gasteiger partial charge in [0.05, 0.1) is 11.5 Å². The zero-order valence-corrected chi connectivity index (χ0v) is 10.6. The van der Waals surface area contributed by atoms with Crippen molar-refractivity contribution in [2.75, 3.05) is 6.54 Å². The highest BCUT2D eigenvalue weighted by Crippen LogP contribution is 2.11. The summed E-state index contributed by atoms with van der Waals surface area (Å²) in [4.78, 5) is 21.5. The number of aromatic nitrogens is 2. The Morgan fingerprint density at radius 1 is 1.38 bits per heavy atom. The molecule has 1 aromatic carbocycles. The molecular weight excluding hydrogens is 286 g/mol. The number of benzene rings is 1. The van der Waals surface area contributed by atoms with E-state index in [4.69, 9.17) is 0 Å². The van der Waals surface area contributed by atoms with Gasteiger partial charge < -0.3 is 5.32 Å². The van der Waals surface area contributed by atoms with Crippen LogP contribution in [-0.2, 0) is 6.54 Å². The molecule has 2 rings (SSSR count). The smallest absolute Gasteiger partial charge is 0.306 e. The fourth-order valence-corrected chi connectivity index (χ4v) is 1.66. The number of carbonyl (C=O) groups excluding carboxylic acids is 1. The second kappa shape index (κ2) is 6.07. The number of hydrogen-bond donors (Lipinski definition) is 1. The van der Waals surface area contributed by atoms with Crippen molar-refractivity contribution in [2.24, 2.45) is 0 Å². The minimum atomic E-state index is -0.956. The Balaban J connectivity index is 1.94. The molecule has 21 heavy (non-hydrogen) atoms. The lowest BCUT2D eigenvalue weighted by atomic mass is 10.2. The number of halogens is 2. The molecule has 2 aromatic rings. The van der Waals surface area contributed by atoms with E-state index < -0.39 is 28.0 Å². The number of amides is 1. The molecule has 7 nitrogen and oxygen atoms in total. The summed E-state index contributed by atoms with van der Waals surface area (Å²) in [6.45, 7) is 0.154. The SMILES string of the molecule is O=C(NCCn1cc([N+](=O)[O-])cn1)c1c(F)cccc1F. The summed E-state index contributed by atoms with van der Waals surface area (Å²) in [5.74, 6) is -2.81. The quantitative estimate of drug-likeness (QED) is 0.668. The van der Waals surface area contributed by atoms with Gasteiger partial charge >= 0.3 is 5.69 Å². The fourth-order valence-electron chi connectivity index (χ4n) is 1.66. The number of carbonyl (C=O) groups is 1. The van der Waals surface area contributed by atoms with Crippen LogP contribution >= 0.6 is 0 Å². The normalized spacial score (nSPS) is 10.4. The number of hydrogen-bond acceptors (Lipinski definition) is 4. The monoisotopic (exact) mass is 296 g/mol. The molecule has 0 aliphatic rings. The molecule has 0 saturated carbocycles. The van der Waals surface area contributed by atoms with E-state index in [1.807, 2.05) is 0 Å². The van der Waals surface area contributed by atoms with E-state index in [1.54, 1.807) is 0 Å². The Bertz CT molecular complexity index is 667. The number of nitrogens with zero attached hydrogens (tertiary/aromatic N) is 3. The molecule has 1 heterocycles. The maximum Gasteiger partial charge on any atom is 0.306 e. The summed E-state index contributed by atoms with van der Waals surface area (Å²) in [6.07, 6.45) is 2.26. The molecule has 0 radical (unpaired) electrons. The highest BCUT2D eigenvalue weighted by atomic mass is 19.1. The van der Waals surface area contributed by atoms with Gasteiger partial charge in [0.2, 0.25) is 0 Å². The van der Waals surface area contributed by atoms with Crippen LogP contribution in [-0.4, -0.2) is 27.2 Å². The minimum Gasteiger partial charge on any atom is -0.350 e. The van der Waals surface area contributed by atoms with E-state index >= 15 is 0 Å². The third-order valence-corrected chi connectivity index (χ3v) is 2.65. The van der Waals surface area contributed by atoms with Crippen LogP contribution in [0.1, 0.15) is 10.4 Å². The van der Waals surface area contributed by atoms with Crippen molar-refractivity contribution in [2.45, 2.75) is 6.54 Å². The van der Waals surface area contributed by atoms with Crippen molar-refractivity contribution >= 4 is 11.6 Å². The molecule has 0 aliphatic carbocycles. The molecule has 0 aliphatic heterocycles. The highest BCUT2D eigenvalue weighted by molar-refractivity contribution is 5.94. The van der Waals surface area contributed by atoms with Gasteiger partial charge in [-0.1, -0.05) is 6.07 Å². The predicted octanol–water partition coefficient (Wildman–Crippen LogP) is 1.50. The topological polar surface area (TPSA) is 90.1 Å². The average molecular weight is 296 g/mol. The van der Waals surface area contributed by atoms with Gasteiger partial charge in [-0.3, -0.25) is 19.6 Å². The lowest BCUT2D eigenvalue weighted by Crippen LogP contribution is -2.29. The molecule has 1 aromatic heterocycles. The van der Waals surface area contributed by atoms with Gasteiger partial charge in [-0.05, 0) is 12.1 Å². The molecule has 0 saturated heterocycles. The van der Waals surface area contributed by atoms with Crippen LogP contribution < -0.4 is 5.32 Å². The van der Waals surface area contributed by atoms with Crippen molar-refractivity contribution < 1.29 is 18.5 Å². The fraction of sp³-hybridized carbons (Fsp3) is 0.167. The van der Waals surface area contributed by atoms with E-state index in [9.17, 15) is 23.7 Å². The van der Waals surface area contributed by atoms with E-state index in [1.165, 1.54) is 10.9 Å². The molecule has 9 heteroatoms. The third kappa shape index (κ3) is 3.38. The summed E-state index contributed by atoms with van der Waals surface area (Å²) in [6, 6.07) is 3.12. The lowest BCUT2D eigenvalue weighted by molar-refractivity contribution is -0.385. The van der Waals surface area contributed by atoms with Crippen molar-refractivity contribution in [3.63, 3.8) is 0 Å². The van der Waals surface area contributed by atoms with Crippen LogP contribution in [0.5, 0.6) is 0 Å². The lowest BCUT2D eigenvalue weighted by Gasteiger charge is -2.06. The van der Waals surface area contributed by atoms with Crippen LogP contribution in [0, 0.1) is 21.7 Å². The predicted molar refractivity (Wildman–Crippen MR) is 67.6 cm³/mol. The van der Waals surface area contributed by atoms with Gasteiger partial charge in [0.1, 0.15) is 29.6 Å². The number of nitro groups is 1. The maximum absolute atomic E-state index is 13.3. The van der Waals surface area contributed by atoms with Crippen LogP contribution in [0.2, 0.25) is 0 Å². The Labute approximate surface area is 117 Å². The molecule has 0 unspecified atom stereocenters. The summed E-state index contributed by atoms with van der Waals surface area (Å²) in [5, 5.41) is 16.5. The molecule has 110 valence electrons. The van der Waals surface area contributed by atoms with E-state index in [0.717, 1.165) is 24.4 Å². The van der Waals surface area contributed by atoms with Crippen molar-refractivity contribution in [1.29, 1.82) is 0 Å². The van der Waals surface area contributed by atoms with Crippen LogP contribution in [0.25, 0.3) is 0 Å². The summed E-state index contributed by atoms with van der Waals surface area (Å²) >= 11 is 0. The van der Waals surface area contributed by atoms with Gasteiger partial charge in [-0.2, -0.15) is 5.10 Å². The molecule has 1 N–H and O–H groups in total. The maximum atomic E-state index is 13.3. The first-order chi connectivity index (χ1) is 9.99. The molecule has 0 spiro atoms. The van der Waals surface area contributed by atoms with Gasteiger partial charge in [0.15, 0.2) is 0 Å². The largest absolute Gasteiger partial charge is 0.350 e. The van der Waals surface area contributed by atoms with E-state index in [-0.39, 0.29) is 18.8 Å². The van der Waals surface area contributed by atoms with Crippen LogP contribution in [0.15, 0.2) is 30.6 Å². The van der Waals surface area contributed by atoms with Crippen LogP contribution in [0.4, 0.5) is 14.5 Å². The van der Waals surface area contributed by atoms with Gasteiger partial charge in [-0.15, -0.1) is 0 Å². The zero-order chi connectivity index (χ0) is 15.4. The third-order valence-electron chi connectivity index (χ3n) is 2.65. The zero-order valence-electron chi connectivity index (χ0n) is 10.6. The van der Waals surface area contributed by atoms with E-state index in [2.05, 4.69) is 10.4 Å². The first-order valence-corrected chi connectivity index (χ1v) is 5.88. The standard InChI is InChI=1S/C12H10F2N4O3/c13-9-2-1-3-10(14)11(9)12(19)15-4-5-17-7-8(6-16-17)18(20)21/h1-3,6-7H,4-5H2,(H,15,19). The molecule has 0 atom stereocenters. The first-order valence-electron chi connectivity index (χ1n) is 5.88. The number of rotatable bonds is 5.